The van der Waals surface area contributed by atoms with Crippen LogP contribution < -0.4 is 16.9 Å². The van der Waals surface area contributed by atoms with Gasteiger partial charge in [-0.05, 0) is 17.6 Å². The van der Waals surface area contributed by atoms with Crippen LogP contribution in [-0.4, -0.2) is 23.1 Å². The lowest BCUT2D eigenvalue weighted by molar-refractivity contribution is 0.100. The Morgan fingerprint density at radius 1 is 1.36 bits per heavy atom. The highest BCUT2D eigenvalue weighted by atomic mass is 35.5. The lowest BCUT2D eigenvalue weighted by atomic mass is 9.79. The first-order chi connectivity index (χ1) is 6.02. The fourth-order valence-corrected chi connectivity index (χ4v) is 0.966. The maximum absolute atomic E-state index is 10.7. The molecule has 1 rings (SSSR count). The van der Waals surface area contributed by atoms with E-state index < -0.39 is 13.0 Å². The molecule has 7 heteroatoms. The number of carbonyl (C=O) groups is 1. The third kappa shape index (κ3) is 2.63. The van der Waals surface area contributed by atoms with Gasteiger partial charge in [-0.15, -0.1) is 12.4 Å². The Bertz CT molecular complexity index is 346. The van der Waals surface area contributed by atoms with E-state index in [0.29, 0.717) is 0 Å². The van der Waals surface area contributed by atoms with Crippen molar-refractivity contribution >= 4 is 36.6 Å². The summed E-state index contributed by atoms with van der Waals surface area (Å²) in [6.45, 7) is 0. The fourth-order valence-electron chi connectivity index (χ4n) is 0.966. The number of nitrogen functional groups attached to an aromatic ring is 1. The van der Waals surface area contributed by atoms with Gasteiger partial charge < -0.3 is 21.5 Å². The highest BCUT2D eigenvalue weighted by molar-refractivity contribution is 6.58. The zero-order valence-corrected chi connectivity index (χ0v) is 7.99. The van der Waals surface area contributed by atoms with Crippen molar-refractivity contribution in [2.24, 2.45) is 5.73 Å². The summed E-state index contributed by atoms with van der Waals surface area (Å²) < 4.78 is 0. The second-order valence-corrected chi connectivity index (χ2v) is 2.58. The molecule has 0 saturated heterocycles. The minimum atomic E-state index is -1.59. The van der Waals surface area contributed by atoms with Crippen molar-refractivity contribution in [3.8, 4) is 0 Å². The minimum absolute atomic E-state index is 0. The highest BCUT2D eigenvalue weighted by Gasteiger charge is 2.13. The molecule has 1 aromatic carbocycles. The van der Waals surface area contributed by atoms with Gasteiger partial charge in [-0.3, -0.25) is 4.79 Å². The molecule has 5 nitrogen and oxygen atoms in total. The molecule has 0 aliphatic carbocycles. The van der Waals surface area contributed by atoms with Gasteiger partial charge in [-0.1, -0.05) is 6.07 Å². The van der Waals surface area contributed by atoms with Crippen LogP contribution in [0.5, 0.6) is 0 Å². The van der Waals surface area contributed by atoms with Crippen LogP contribution in [-0.2, 0) is 0 Å². The first kappa shape index (κ1) is 12.8. The standard InChI is InChI=1S/C7H9BN2O3.ClH/c9-6-3-4(8(12)13)1-2-5(6)7(10)11;/h1-3,12-13H,9H2,(H2,10,11);1H. The number of benzene rings is 1. The molecular formula is C7H10BClN2O3. The van der Waals surface area contributed by atoms with E-state index in [9.17, 15) is 4.79 Å². The molecule has 6 N–H and O–H groups in total. The Hall–Kier alpha value is -1.24. The summed E-state index contributed by atoms with van der Waals surface area (Å²) in [5.41, 5.74) is 11.0. The van der Waals surface area contributed by atoms with Crippen LogP contribution in [0.3, 0.4) is 0 Å². The molecule has 0 unspecified atom stereocenters. The van der Waals surface area contributed by atoms with Gasteiger partial charge >= 0.3 is 7.12 Å². The minimum Gasteiger partial charge on any atom is -0.423 e. The number of nitrogens with two attached hydrogens (primary N) is 2. The molecule has 14 heavy (non-hydrogen) atoms. The Morgan fingerprint density at radius 2 is 1.93 bits per heavy atom. The lowest BCUT2D eigenvalue weighted by Crippen LogP contribution is -2.30. The van der Waals surface area contributed by atoms with Crippen LogP contribution in [0.25, 0.3) is 0 Å². The average molecular weight is 216 g/mol. The van der Waals surface area contributed by atoms with E-state index in [2.05, 4.69) is 0 Å². The van der Waals surface area contributed by atoms with Gasteiger partial charge in [0.05, 0.1) is 5.56 Å². The summed E-state index contributed by atoms with van der Waals surface area (Å²) in [5, 5.41) is 17.5. The summed E-state index contributed by atoms with van der Waals surface area (Å²) in [5.74, 6) is -0.642. The van der Waals surface area contributed by atoms with Crippen LogP contribution in [0.15, 0.2) is 18.2 Å². The van der Waals surface area contributed by atoms with E-state index in [0.717, 1.165) is 0 Å². The largest absolute Gasteiger partial charge is 0.488 e. The van der Waals surface area contributed by atoms with Gasteiger partial charge in [0.1, 0.15) is 0 Å². The van der Waals surface area contributed by atoms with Crippen molar-refractivity contribution in [2.45, 2.75) is 0 Å². The van der Waals surface area contributed by atoms with Gasteiger partial charge in [0.2, 0.25) is 0 Å². The molecule has 0 radical (unpaired) electrons. The molecule has 0 aliphatic heterocycles. The average Bonchev–Trinajstić information content (AvgIpc) is 2.03. The molecule has 0 saturated carbocycles. The van der Waals surface area contributed by atoms with Crippen LogP contribution in [0.1, 0.15) is 10.4 Å². The van der Waals surface area contributed by atoms with Crippen LogP contribution in [0.2, 0.25) is 0 Å². The number of carbonyl (C=O) groups excluding carboxylic acids is 1. The molecule has 0 fully saturated rings. The highest BCUT2D eigenvalue weighted by Crippen LogP contribution is 2.07. The van der Waals surface area contributed by atoms with E-state index in [4.69, 9.17) is 21.5 Å². The maximum Gasteiger partial charge on any atom is 0.488 e. The van der Waals surface area contributed by atoms with E-state index in [1.54, 1.807) is 0 Å². The predicted octanol–water partition coefficient (Wildman–Crippen LogP) is -1.53. The van der Waals surface area contributed by atoms with E-state index in [1.807, 2.05) is 0 Å². The zero-order valence-electron chi connectivity index (χ0n) is 7.18. The summed E-state index contributed by atoms with van der Waals surface area (Å²) in [4.78, 5) is 10.7. The van der Waals surface area contributed by atoms with Crippen molar-refractivity contribution in [3.05, 3.63) is 23.8 Å². The number of rotatable bonds is 2. The van der Waals surface area contributed by atoms with Crippen LogP contribution in [0, 0.1) is 0 Å². The molecule has 0 spiro atoms. The second-order valence-electron chi connectivity index (χ2n) is 2.58. The van der Waals surface area contributed by atoms with Crippen LogP contribution >= 0.6 is 12.4 Å². The molecule has 0 atom stereocenters. The molecule has 0 bridgehead atoms. The first-order valence-corrected chi connectivity index (χ1v) is 3.57. The van der Waals surface area contributed by atoms with E-state index in [1.165, 1.54) is 18.2 Å². The molecule has 76 valence electrons. The second kappa shape index (κ2) is 4.85. The molecule has 0 aliphatic rings. The quantitative estimate of drug-likeness (QED) is 0.355. The summed E-state index contributed by atoms with van der Waals surface area (Å²) in [6, 6.07) is 4.03. The monoisotopic (exact) mass is 216 g/mol. The van der Waals surface area contributed by atoms with Crippen molar-refractivity contribution in [1.29, 1.82) is 0 Å². The number of primary amides is 1. The van der Waals surface area contributed by atoms with Gasteiger partial charge in [-0.25, -0.2) is 0 Å². The number of hydrogen-bond donors (Lipinski definition) is 4. The predicted molar refractivity (Wildman–Crippen MR) is 56.4 cm³/mol. The number of amides is 1. The third-order valence-electron chi connectivity index (χ3n) is 1.64. The number of anilines is 1. The molecule has 1 amide bonds. The molecule has 1 aromatic rings. The summed E-state index contributed by atoms with van der Waals surface area (Å²) in [7, 11) is -1.59. The summed E-state index contributed by atoms with van der Waals surface area (Å²) in [6.07, 6.45) is 0. The summed E-state index contributed by atoms with van der Waals surface area (Å²) >= 11 is 0. The number of halogens is 1. The first-order valence-electron chi connectivity index (χ1n) is 3.57. The molecular weight excluding hydrogens is 206 g/mol. The maximum atomic E-state index is 10.7. The van der Waals surface area contributed by atoms with E-state index >= 15 is 0 Å². The van der Waals surface area contributed by atoms with Gasteiger partial charge in [0.15, 0.2) is 0 Å². The van der Waals surface area contributed by atoms with Gasteiger partial charge in [0.25, 0.3) is 5.91 Å². The Kier molecular flexibility index (Phi) is 4.42. The Morgan fingerprint density at radius 3 is 2.29 bits per heavy atom. The smallest absolute Gasteiger partial charge is 0.423 e. The third-order valence-corrected chi connectivity index (χ3v) is 1.64. The van der Waals surface area contributed by atoms with Crippen molar-refractivity contribution in [1.82, 2.24) is 0 Å². The van der Waals surface area contributed by atoms with E-state index in [-0.39, 0.29) is 29.1 Å². The molecule has 0 aromatic heterocycles. The van der Waals surface area contributed by atoms with Crippen molar-refractivity contribution in [3.63, 3.8) is 0 Å². The normalized spacial score (nSPS) is 9.00. The fraction of sp³-hybridized carbons (Fsp3) is 0. The molecule has 0 heterocycles. The van der Waals surface area contributed by atoms with Crippen molar-refractivity contribution in [2.75, 3.05) is 5.73 Å². The topological polar surface area (TPSA) is 110 Å². The van der Waals surface area contributed by atoms with Gasteiger partial charge in [0, 0.05) is 5.69 Å². The lowest BCUT2D eigenvalue weighted by Gasteiger charge is -2.04. The Labute approximate surface area is 87.3 Å². The number of hydrogen-bond acceptors (Lipinski definition) is 4. The van der Waals surface area contributed by atoms with Crippen molar-refractivity contribution < 1.29 is 14.8 Å². The van der Waals surface area contributed by atoms with Gasteiger partial charge in [-0.2, -0.15) is 0 Å². The SMILES string of the molecule is Cl.NC(=O)c1ccc(B(O)O)cc1N. The Balaban J connectivity index is 0.00000169. The van der Waals surface area contributed by atoms with Crippen LogP contribution in [0.4, 0.5) is 5.69 Å². The zero-order chi connectivity index (χ0) is 10.0.